The van der Waals surface area contributed by atoms with Crippen LogP contribution in [0.4, 0.5) is 0 Å². The van der Waals surface area contributed by atoms with Gasteiger partial charge < -0.3 is 24.2 Å². The highest BCUT2D eigenvalue weighted by Crippen LogP contribution is 2.41. The molecule has 0 spiro atoms. The molecular weight excluding hydrogens is 434 g/mol. The Labute approximate surface area is 197 Å². The molecule has 7 nitrogen and oxygen atoms in total. The summed E-state index contributed by atoms with van der Waals surface area (Å²) in [5.41, 5.74) is 1.88. The minimum Gasteiger partial charge on any atom is -0.507 e. The molecule has 1 N–H and O–H groups in total. The van der Waals surface area contributed by atoms with Crippen LogP contribution in [-0.4, -0.2) is 43.0 Å². The van der Waals surface area contributed by atoms with E-state index in [-0.39, 0.29) is 17.9 Å². The summed E-state index contributed by atoms with van der Waals surface area (Å²) >= 11 is 0. The van der Waals surface area contributed by atoms with E-state index in [4.69, 9.17) is 14.2 Å². The Morgan fingerprint density at radius 1 is 0.853 bits per heavy atom. The number of Topliss-reactive ketones (excluding diaryl/α,β-unsaturated/α-hetero) is 1. The van der Waals surface area contributed by atoms with E-state index >= 15 is 0 Å². The van der Waals surface area contributed by atoms with Crippen LogP contribution in [-0.2, 0) is 16.1 Å². The molecule has 1 aliphatic heterocycles. The zero-order chi connectivity index (χ0) is 24.2. The molecule has 0 bridgehead atoms. The molecule has 0 saturated carbocycles. The maximum atomic E-state index is 13.2. The number of methoxy groups -OCH3 is 3. The summed E-state index contributed by atoms with van der Waals surface area (Å²) in [4.78, 5) is 27.9. The van der Waals surface area contributed by atoms with Crippen LogP contribution in [0.5, 0.6) is 17.2 Å². The van der Waals surface area contributed by atoms with Gasteiger partial charge in [-0.15, -0.1) is 0 Å². The summed E-state index contributed by atoms with van der Waals surface area (Å²) in [5.74, 6) is -0.176. The lowest BCUT2D eigenvalue weighted by Crippen LogP contribution is -2.29. The smallest absolute Gasteiger partial charge is 0.295 e. The number of nitrogens with zero attached hydrogens (tertiary/aromatic N) is 1. The van der Waals surface area contributed by atoms with Gasteiger partial charge in [0.15, 0.2) is 11.5 Å². The number of amides is 1. The number of hydrogen-bond donors (Lipinski definition) is 1. The van der Waals surface area contributed by atoms with Crippen molar-refractivity contribution in [2.75, 3.05) is 21.3 Å². The molecule has 0 aliphatic carbocycles. The van der Waals surface area contributed by atoms with Crippen molar-refractivity contribution in [2.45, 2.75) is 12.6 Å². The standard InChI is InChI=1S/C27H25NO6/c1-32-20-11-7-8-17(14-20)16-28-24(18-9-5-4-6-10-18)23(26(30)27(28)31)25(29)19-12-13-21(33-2)22(15-19)34-3/h4-15,24,29H,16H2,1-3H3/b25-23-. The Morgan fingerprint density at radius 2 is 1.59 bits per heavy atom. The van der Waals surface area contributed by atoms with Crippen LogP contribution in [0, 0.1) is 0 Å². The number of likely N-dealkylation sites (tertiary alicyclic amines) is 1. The van der Waals surface area contributed by atoms with Gasteiger partial charge in [-0.05, 0) is 41.5 Å². The first-order valence-corrected chi connectivity index (χ1v) is 10.7. The number of carbonyl (C=O) groups excluding carboxylic acids is 2. The molecule has 34 heavy (non-hydrogen) atoms. The quantitative estimate of drug-likeness (QED) is 0.322. The Morgan fingerprint density at radius 3 is 2.26 bits per heavy atom. The van der Waals surface area contributed by atoms with Gasteiger partial charge in [0.1, 0.15) is 11.5 Å². The minimum absolute atomic E-state index is 0.0197. The van der Waals surface area contributed by atoms with Crippen LogP contribution in [0.25, 0.3) is 5.76 Å². The zero-order valence-corrected chi connectivity index (χ0v) is 19.1. The molecule has 1 fully saturated rings. The third-order valence-corrected chi connectivity index (χ3v) is 5.80. The van der Waals surface area contributed by atoms with Crippen LogP contribution in [0.15, 0.2) is 78.4 Å². The molecule has 7 heteroatoms. The molecule has 1 aliphatic rings. The van der Waals surface area contributed by atoms with Gasteiger partial charge in [0.2, 0.25) is 0 Å². The van der Waals surface area contributed by atoms with E-state index in [2.05, 4.69) is 0 Å². The second-order valence-corrected chi connectivity index (χ2v) is 7.76. The number of aliphatic hydroxyl groups is 1. The summed E-state index contributed by atoms with van der Waals surface area (Å²) in [6.45, 7) is 0.171. The van der Waals surface area contributed by atoms with E-state index in [1.165, 1.54) is 19.1 Å². The SMILES string of the molecule is COc1cccc(CN2C(=O)C(=O)/C(=C(\O)c3ccc(OC)c(OC)c3)C2c2ccccc2)c1. The molecule has 3 aromatic carbocycles. The summed E-state index contributed by atoms with van der Waals surface area (Å²) in [5, 5.41) is 11.3. The van der Waals surface area contributed by atoms with E-state index in [9.17, 15) is 14.7 Å². The highest BCUT2D eigenvalue weighted by molar-refractivity contribution is 6.46. The van der Waals surface area contributed by atoms with Crippen molar-refractivity contribution < 1.29 is 28.9 Å². The van der Waals surface area contributed by atoms with Crippen molar-refractivity contribution in [3.63, 3.8) is 0 Å². The van der Waals surface area contributed by atoms with Crippen molar-refractivity contribution >= 4 is 17.4 Å². The fourth-order valence-electron chi connectivity index (χ4n) is 4.13. The maximum absolute atomic E-state index is 13.2. The number of rotatable bonds is 7. The lowest BCUT2D eigenvalue weighted by Gasteiger charge is -2.25. The van der Waals surface area contributed by atoms with Gasteiger partial charge in [-0.2, -0.15) is 0 Å². The average molecular weight is 459 g/mol. The van der Waals surface area contributed by atoms with Crippen LogP contribution in [0.2, 0.25) is 0 Å². The first kappa shape index (κ1) is 22.9. The van der Waals surface area contributed by atoms with Crippen LogP contribution in [0.3, 0.4) is 0 Å². The predicted octanol–water partition coefficient (Wildman–Crippen LogP) is 4.33. The Bertz CT molecular complexity index is 1250. The molecule has 1 saturated heterocycles. The number of carbonyl (C=O) groups is 2. The van der Waals surface area contributed by atoms with Gasteiger partial charge in [-0.3, -0.25) is 9.59 Å². The number of benzene rings is 3. The number of hydrogen-bond acceptors (Lipinski definition) is 6. The summed E-state index contributed by atoms with van der Waals surface area (Å²) < 4.78 is 15.9. The number of ether oxygens (including phenoxy) is 3. The fraction of sp³-hybridized carbons (Fsp3) is 0.185. The van der Waals surface area contributed by atoms with Crippen molar-refractivity contribution in [1.29, 1.82) is 0 Å². The predicted molar refractivity (Wildman–Crippen MR) is 127 cm³/mol. The van der Waals surface area contributed by atoms with E-state index < -0.39 is 17.7 Å². The molecule has 1 atom stereocenters. The van der Waals surface area contributed by atoms with Crippen LogP contribution < -0.4 is 14.2 Å². The average Bonchev–Trinajstić information content (AvgIpc) is 3.13. The molecule has 174 valence electrons. The lowest BCUT2D eigenvalue weighted by atomic mass is 9.95. The summed E-state index contributed by atoms with van der Waals surface area (Å²) in [6, 6.07) is 20.6. The van der Waals surface area contributed by atoms with Crippen LogP contribution in [0.1, 0.15) is 22.7 Å². The van der Waals surface area contributed by atoms with Gasteiger partial charge in [0.25, 0.3) is 11.7 Å². The van der Waals surface area contributed by atoms with Gasteiger partial charge in [0, 0.05) is 12.1 Å². The first-order chi connectivity index (χ1) is 16.5. The molecule has 1 unspecified atom stereocenters. The normalized spacial score (nSPS) is 17.0. The topological polar surface area (TPSA) is 85.3 Å². The van der Waals surface area contributed by atoms with Crippen molar-refractivity contribution in [2.24, 2.45) is 0 Å². The van der Waals surface area contributed by atoms with Crippen molar-refractivity contribution in [3.8, 4) is 17.2 Å². The van der Waals surface area contributed by atoms with Gasteiger partial charge in [0.05, 0.1) is 32.9 Å². The minimum atomic E-state index is -0.763. The second-order valence-electron chi connectivity index (χ2n) is 7.76. The molecule has 0 radical (unpaired) electrons. The second kappa shape index (κ2) is 9.70. The zero-order valence-electron chi connectivity index (χ0n) is 19.1. The van der Waals surface area contributed by atoms with Crippen LogP contribution >= 0.6 is 0 Å². The van der Waals surface area contributed by atoms with E-state index in [1.54, 1.807) is 25.3 Å². The third-order valence-electron chi connectivity index (χ3n) is 5.80. The summed E-state index contributed by atoms with van der Waals surface area (Å²) in [7, 11) is 4.56. The molecule has 1 amide bonds. The Kier molecular flexibility index (Phi) is 6.54. The maximum Gasteiger partial charge on any atom is 0.295 e. The summed E-state index contributed by atoms with van der Waals surface area (Å²) in [6.07, 6.45) is 0. The van der Waals surface area contributed by atoms with E-state index in [1.807, 2.05) is 54.6 Å². The van der Waals surface area contributed by atoms with Gasteiger partial charge in [-0.1, -0.05) is 42.5 Å². The lowest BCUT2D eigenvalue weighted by molar-refractivity contribution is -0.140. The third kappa shape index (κ3) is 4.20. The highest BCUT2D eigenvalue weighted by Gasteiger charge is 2.46. The molecular formula is C27H25NO6. The van der Waals surface area contributed by atoms with E-state index in [0.29, 0.717) is 28.4 Å². The van der Waals surface area contributed by atoms with E-state index in [0.717, 1.165) is 5.56 Å². The number of ketones is 1. The Balaban J connectivity index is 1.84. The first-order valence-electron chi connectivity index (χ1n) is 10.7. The Hall–Kier alpha value is -4.26. The number of aliphatic hydroxyl groups excluding tert-OH is 1. The molecule has 3 aromatic rings. The molecule has 0 aromatic heterocycles. The molecule has 1 heterocycles. The van der Waals surface area contributed by atoms with Crippen molar-refractivity contribution in [3.05, 3.63) is 95.1 Å². The largest absolute Gasteiger partial charge is 0.507 e. The highest BCUT2D eigenvalue weighted by atomic mass is 16.5. The van der Waals surface area contributed by atoms with Gasteiger partial charge >= 0.3 is 0 Å². The molecule has 4 rings (SSSR count). The van der Waals surface area contributed by atoms with Gasteiger partial charge in [-0.25, -0.2) is 0 Å². The van der Waals surface area contributed by atoms with Crippen molar-refractivity contribution in [1.82, 2.24) is 4.90 Å². The fourth-order valence-corrected chi connectivity index (χ4v) is 4.13. The monoisotopic (exact) mass is 459 g/mol.